The van der Waals surface area contributed by atoms with Crippen molar-refractivity contribution in [2.24, 2.45) is 7.05 Å². The second-order valence-corrected chi connectivity index (χ2v) is 8.28. The van der Waals surface area contributed by atoms with Crippen LogP contribution in [0.25, 0.3) is 16.9 Å². The maximum Gasteiger partial charge on any atom is 0.419 e. The van der Waals surface area contributed by atoms with Gasteiger partial charge in [-0.1, -0.05) is 18.2 Å². The quantitative estimate of drug-likeness (QED) is 0.350. The van der Waals surface area contributed by atoms with E-state index in [-0.39, 0.29) is 28.8 Å². The molecule has 33 heavy (non-hydrogen) atoms. The van der Waals surface area contributed by atoms with E-state index in [0.717, 1.165) is 0 Å². The van der Waals surface area contributed by atoms with Crippen molar-refractivity contribution in [2.75, 3.05) is 27.2 Å². The summed E-state index contributed by atoms with van der Waals surface area (Å²) in [5.41, 5.74) is 0.827. The predicted octanol–water partition coefficient (Wildman–Crippen LogP) is 2.64. The Morgan fingerprint density at radius 2 is 1.88 bits per heavy atom. The molecular weight excluding hydrogens is 429 g/mol. The maximum absolute atomic E-state index is 14.8. The van der Waals surface area contributed by atoms with Crippen LogP contribution in [-0.2, 0) is 16.6 Å². The van der Waals surface area contributed by atoms with Crippen LogP contribution in [0.3, 0.4) is 0 Å². The zero-order valence-corrected chi connectivity index (χ0v) is 18.5. The zero-order chi connectivity index (χ0) is 23.9. The Morgan fingerprint density at radius 1 is 1.15 bits per heavy atom. The molecule has 0 saturated carbocycles. The molecule has 8 nitrogen and oxygen atoms in total. The number of benzene rings is 2. The van der Waals surface area contributed by atoms with E-state index in [1.54, 1.807) is 19.2 Å². The van der Waals surface area contributed by atoms with Crippen molar-refractivity contribution in [1.29, 1.82) is 0 Å². The van der Waals surface area contributed by atoms with Crippen molar-refractivity contribution < 1.29 is 23.5 Å². The number of ketones is 1. The summed E-state index contributed by atoms with van der Waals surface area (Å²) in [6, 6.07) is 9.31. The lowest BCUT2D eigenvalue weighted by Crippen LogP contribution is -2.32. The number of rotatable bonds is 6. The maximum atomic E-state index is 14.8. The van der Waals surface area contributed by atoms with Crippen molar-refractivity contribution in [1.82, 2.24) is 14.4 Å². The van der Waals surface area contributed by atoms with E-state index >= 15 is 0 Å². The number of Topliss-reactive ketones (excluding diaryl/α,β-unsaturated/α-hetero) is 1. The molecule has 0 aliphatic carbocycles. The van der Waals surface area contributed by atoms with Crippen LogP contribution in [0.1, 0.15) is 23.6 Å². The Bertz CT molecular complexity index is 1340. The summed E-state index contributed by atoms with van der Waals surface area (Å²) in [5, 5.41) is 11.1. The van der Waals surface area contributed by atoms with Crippen LogP contribution in [0.15, 0.2) is 57.2 Å². The van der Waals surface area contributed by atoms with E-state index in [1.807, 2.05) is 19.0 Å². The van der Waals surface area contributed by atoms with Crippen LogP contribution in [0, 0.1) is 5.82 Å². The average molecular weight is 453 g/mol. The Kier molecular flexibility index (Phi) is 5.90. The summed E-state index contributed by atoms with van der Waals surface area (Å²) < 4.78 is 21.3. The number of aryl methyl sites for hydroxylation is 1. The number of fused-ring (bicyclic) bond motifs is 1. The number of likely N-dealkylation sites (tertiary alicyclic amines) is 1. The van der Waals surface area contributed by atoms with Gasteiger partial charge in [0.15, 0.2) is 5.58 Å². The molecule has 0 unspecified atom stereocenters. The Balaban J connectivity index is 1.85. The smallest absolute Gasteiger partial charge is 0.419 e. The number of oxazole rings is 1. The molecule has 1 N–H and O–H groups in total. The predicted molar refractivity (Wildman–Crippen MR) is 120 cm³/mol. The second-order valence-electron chi connectivity index (χ2n) is 8.28. The highest BCUT2D eigenvalue weighted by molar-refractivity contribution is 6.46. The van der Waals surface area contributed by atoms with E-state index in [1.165, 1.54) is 39.8 Å². The average Bonchev–Trinajstić information content (AvgIpc) is 3.20. The highest BCUT2D eigenvalue weighted by Gasteiger charge is 2.46. The number of hydrogen-bond donors (Lipinski definition) is 1. The van der Waals surface area contributed by atoms with Gasteiger partial charge in [-0.05, 0) is 51.3 Å². The van der Waals surface area contributed by atoms with Crippen LogP contribution < -0.4 is 5.76 Å². The van der Waals surface area contributed by atoms with Gasteiger partial charge in [0.05, 0.1) is 17.1 Å². The van der Waals surface area contributed by atoms with Crippen LogP contribution in [-0.4, -0.2) is 58.3 Å². The van der Waals surface area contributed by atoms with E-state index in [2.05, 4.69) is 0 Å². The third-order valence-corrected chi connectivity index (χ3v) is 5.81. The van der Waals surface area contributed by atoms with E-state index in [0.29, 0.717) is 18.5 Å². The first-order valence-electron chi connectivity index (χ1n) is 10.5. The number of amides is 1. The summed E-state index contributed by atoms with van der Waals surface area (Å²) in [5.74, 6) is -3.30. The van der Waals surface area contributed by atoms with Crippen LogP contribution >= 0.6 is 0 Å². The number of aromatic nitrogens is 1. The van der Waals surface area contributed by atoms with Crippen molar-refractivity contribution in [3.05, 3.63) is 75.5 Å². The van der Waals surface area contributed by atoms with Gasteiger partial charge in [-0.15, -0.1) is 0 Å². The van der Waals surface area contributed by atoms with E-state index in [4.69, 9.17) is 4.42 Å². The molecule has 1 aliphatic rings. The molecule has 172 valence electrons. The van der Waals surface area contributed by atoms with Gasteiger partial charge in [-0.25, -0.2) is 9.18 Å². The number of aliphatic hydroxyl groups excluding tert-OH is 1. The minimum atomic E-state index is -1.08. The van der Waals surface area contributed by atoms with Crippen LogP contribution in [0.5, 0.6) is 0 Å². The van der Waals surface area contributed by atoms with Gasteiger partial charge in [-0.3, -0.25) is 14.2 Å². The summed E-state index contributed by atoms with van der Waals surface area (Å²) in [7, 11) is 5.33. The molecule has 2 aromatic carbocycles. The monoisotopic (exact) mass is 453 g/mol. The van der Waals surface area contributed by atoms with Gasteiger partial charge in [0, 0.05) is 24.7 Å². The van der Waals surface area contributed by atoms with Crippen molar-refractivity contribution in [3.63, 3.8) is 0 Å². The standard InChI is InChI=1S/C24H24FN3O5/c1-26(2)11-6-12-28-20(15-7-4-5-8-16(15)25)19(22(30)23(28)31)21(29)14-9-10-17-18(13-14)33-24(32)27(17)3/h4-5,7-10,13,20,29H,6,11-12H2,1-3H3/b21-19+/t20-/m0/s1. The molecule has 0 spiro atoms. The summed E-state index contributed by atoms with van der Waals surface area (Å²) in [4.78, 5) is 41.0. The van der Waals surface area contributed by atoms with E-state index < -0.39 is 35.1 Å². The number of nitrogens with zero attached hydrogens (tertiary/aromatic N) is 3. The van der Waals surface area contributed by atoms with Gasteiger partial charge >= 0.3 is 5.76 Å². The van der Waals surface area contributed by atoms with Crippen molar-refractivity contribution >= 4 is 28.5 Å². The van der Waals surface area contributed by atoms with Crippen molar-refractivity contribution in [3.8, 4) is 0 Å². The fourth-order valence-electron chi connectivity index (χ4n) is 4.12. The molecule has 1 aliphatic heterocycles. The third kappa shape index (κ3) is 3.95. The molecule has 4 rings (SSSR count). The summed E-state index contributed by atoms with van der Waals surface area (Å²) >= 11 is 0. The lowest BCUT2D eigenvalue weighted by Gasteiger charge is -2.26. The Morgan fingerprint density at radius 3 is 2.58 bits per heavy atom. The van der Waals surface area contributed by atoms with Gasteiger partial charge in [0.25, 0.3) is 11.7 Å². The van der Waals surface area contributed by atoms with Crippen LogP contribution in [0.2, 0.25) is 0 Å². The van der Waals surface area contributed by atoms with E-state index in [9.17, 15) is 23.9 Å². The molecule has 1 amide bonds. The lowest BCUT2D eigenvalue weighted by molar-refractivity contribution is -0.140. The first-order chi connectivity index (χ1) is 15.7. The molecule has 2 heterocycles. The van der Waals surface area contributed by atoms with Crippen LogP contribution in [0.4, 0.5) is 4.39 Å². The molecule has 1 fully saturated rings. The normalized spacial score (nSPS) is 18.1. The minimum Gasteiger partial charge on any atom is -0.507 e. The number of hydrogen-bond acceptors (Lipinski definition) is 6. The van der Waals surface area contributed by atoms with Crippen molar-refractivity contribution in [2.45, 2.75) is 12.5 Å². The number of halogens is 1. The number of aliphatic hydroxyl groups is 1. The second kappa shape index (κ2) is 8.67. The molecule has 1 saturated heterocycles. The molecule has 9 heteroatoms. The first kappa shape index (κ1) is 22.5. The first-order valence-corrected chi connectivity index (χ1v) is 10.5. The molecule has 0 bridgehead atoms. The fraction of sp³-hybridized carbons (Fsp3) is 0.292. The topological polar surface area (TPSA) is 96.0 Å². The van der Waals surface area contributed by atoms with Gasteiger partial charge in [0.1, 0.15) is 11.6 Å². The largest absolute Gasteiger partial charge is 0.507 e. The summed E-state index contributed by atoms with van der Waals surface area (Å²) in [6.45, 7) is 0.877. The van der Waals surface area contributed by atoms with Gasteiger partial charge < -0.3 is 19.3 Å². The third-order valence-electron chi connectivity index (χ3n) is 5.81. The Labute approximate surface area is 189 Å². The number of carbonyl (C=O) groups is 2. The highest BCUT2D eigenvalue weighted by Crippen LogP contribution is 2.40. The fourth-order valence-corrected chi connectivity index (χ4v) is 4.12. The molecule has 3 aromatic rings. The Hall–Kier alpha value is -3.72. The molecule has 1 atom stereocenters. The SMILES string of the molecule is CN(C)CCCN1C(=O)C(=O)/C(=C(/O)c2ccc3c(c2)oc(=O)n3C)[C@@H]1c1ccccc1F. The molecular formula is C24H24FN3O5. The minimum absolute atomic E-state index is 0.121. The zero-order valence-electron chi connectivity index (χ0n) is 18.5. The molecule has 0 radical (unpaired) electrons. The number of carbonyl (C=O) groups excluding carboxylic acids is 2. The van der Waals surface area contributed by atoms with Gasteiger partial charge in [-0.2, -0.15) is 0 Å². The molecule has 1 aromatic heterocycles. The highest BCUT2D eigenvalue weighted by atomic mass is 19.1. The summed E-state index contributed by atoms with van der Waals surface area (Å²) in [6.07, 6.45) is 0.562. The van der Waals surface area contributed by atoms with Gasteiger partial charge in [0.2, 0.25) is 0 Å². The lowest BCUT2D eigenvalue weighted by atomic mass is 9.94.